The molecule has 0 spiro atoms. The maximum atomic E-state index is 2.30. The average Bonchev–Trinajstić information content (AvgIpc) is 1.79. The molecule has 0 aliphatic heterocycles. The summed E-state index contributed by atoms with van der Waals surface area (Å²) in [6.45, 7) is 2.30. The van der Waals surface area contributed by atoms with Crippen LogP contribution in [0, 0.1) is 5.92 Å². The van der Waals surface area contributed by atoms with E-state index in [0.717, 1.165) is 11.7 Å². The van der Waals surface area contributed by atoms with E-state index in [1.807, 2.05) is 0 Å². The maximum Gasteiger partial charge on any atom is 0.105 e. The lowest BCUT2D eigenvalue weighted by atomic mass is 10.0. The number of rotatable bonds is 0. The fraction of sp³-hybridized carbons (Fsp3) is 1.00. The summed E-state index contributed by atoms with van der Waals surface area (Å²) in [5.41, 5.74) is 0. The third-order valence-electron chi connectivity index (χ3n) is 1.51. The molecule has 5 heavy (non-hydrogen) atoms. The van der Waals surface area contributed by atoms with Crippen molar-refractivity contribution in [2.45, 2.75) is 19.2 Å². The first-order valence-electron chi connectivity index (χ1n) is 2.30. The van der Waals surface area contributed by atoms with Crippen LogP contribution in [0.4, 0.5) is 0 Å². The minimum Gasteiger partial charge on any atom is -0.0670 e. The standard InChI is InChI=1S/C4H9B/c1-3-2-4(3)5/h3-4H,2,5H2,1H3. The van der Waals surface area contributed by atoms with E-state index in [0.29, 0.717) is 0 Å². The van der Waals surface area contributed by atoms with E-state index in [4.69, 9.17) is 0 Å². The van der Waals surface area contributed by atoms with Crippen LogP contribution in [0.25, 0.3) is 0 Å². The van der Waals surface area contributed by atoms with Crippen molar-refractivity contribution in [1.29, 1.82) is 0 Å². The van der Waals surface area contributed by atoms with E-state index in [2.05, 4.69) is 14.8 Å². The lowest BCUT2D eigenvalue weighted by Crippen LogP contribution is -1.59. The molecule has 0 aromatic carbocycles. The van der Waals surface area contributed by atoms with Gasteiger partial charge in [0.25, 0.3) is 0 Å². The van der Waals surface area contributed by atoms with Crippen LogP contribution in [0.2, 0.25) is 5.82 Å². The van der Waals surface area contributed by atoms with Gasteiger partial charge in [0.05, 0.1) is 0 Å². The SMILES string of the molecule is BC1CC1C. The molecule has 28 valence electrons. The summed E-state index contributed by atoms with van der Waals surface area (Å²) < 4.78 is 0. The summed E-state index contributed by atoms with van der Waals surface area (Å²) in [6, 6.07) is 0. The normalized spacial score (nSPS) is 49.0. The zero-order valence-electron chi connectivity index (χ0n) is 3.86. The Kier molecular flexibility index (Phi) is 0.499. The van der Waals surface area contributed by atoms with Crippen LogP contribution >= 0.6 is 0 Å². The second-order valence-electron chi connectivity index (χ2n) is 2.19. The smallest absolute Gasteiger partial charge is 0.0670 e. The van der Waals surface area contributed by atoms with Crippen molar-refractivity contribution in [2.75, 3.05) is 0 Å². The molecule has 0 aromatic heterocycles. The first-order chi connectivity index (χ1) is 2.30. The fourth-order valence-electron chi connectivity index (χ4n) is 0.508. The third-order valence-corrected chi connectivity index (χ3v) is 1.51. The van der Waals surface area contributed by atoms with Crippen molar-refractivity contribution in [1.82, 2.24) is 0 Å². The van der Waals surface area contributed by atoms with Gasteiger partial charge in [-0.1, -0.05) is 19.2 Å². The molecule has 1 fully saturated rings. The van der Waals surface area contributed by atoms with Crippen LogP contribution in [0.3, 0.4) is 0 Å². The van der Waals surface area contributed by atoms with Gasteiger partial charge in [-0.2, -0.15) is 0 Å². The topological polar surface area (TPSA) is 0 Å². The molecule has 0 radical (unpaired) electrons. The second-order valence-corrected chi connectivity index (χ2v) is 2.19. The molecule has 0 bridgehead atoms. The molecule has 0 aromatic rings. The molecular weight excluding hydrogens is 58.9 g/mol. The van der Waals surface area contributed by atoms with Gasteiger partial charge in [0, 0.05) is 0 Å². The predicted octanol–water partition coefficient (Wildman–Crippen LogP) is 0.448. The van der Waals surface area contributed by atoms with Gasteiger partial charge in [-0.25, -0.2) is 0 Å². The van der Waals surface area contributed by atoms with Gasteiger partial charge in [-0.15, -0.1) is 0 Å². The van der Waals surface area contributed by atoms with Gasteiger partial charge in [-0.05, 0) is 5.92 Å². The van der Waals surface area contributed by atoms with Crippen molar-refractivity contribution in [3.05, 3.63) is 0 Å². The predicted molar refractivity (Wildman–Crippen MR) is 26.1 cm³/mol. The molecule has 0 N–H and O–H groups in total. The molecule has 1 saturated carbocycles. The van der Waals surface area contributed by atoms with Crippen molar-refractivity contribution in [3.8, 4) is 0 Å². The highest BCUT2D eigenvalue weighted by molar-refractivity contribution is 6.13. The molecule has 1 aliphatic rings. The average molecular weight is 67.9 g/mol. The molecule has 0 heterocycles. The molecule has 1 aliphatic carbocycles. The molecule has 1 rings (SSSR count). The quantitative estimate of drug-likeness (QED) is 0.361. The summed E-state index contributed by atoms with van der Waals surface area (Å²) in [5.74, 6) is 2.10. The van der Waals surface area contributed by atoms with Gasteiger partial charge in [0.1, 0.15) is 7.85 Å². The van der Waals surface area contributed by atoms with Gasteiger partial charge < -0.3 is 0 Å². The molecule has 2 unspecified atom stereocenters. The van der Waals surface area contributed by atoms with Crippen molar-refractivity contribution in [2.24, 2.45) is 5.92 Å². The van der Waals surface area contributed by atoms with E-state index in [-0.39, 0.29) is 0 Å². The Morgan fingerprint density at radius 3 is 2.00 bits per heavy atom. The van der Waals surface area contributed by atoms with Gasteiger partial charge in [0.15, 0.2) is 0 Å². The molecule has 2 atom stereocenters. The summed E-state index contributed by atoms with van der Waals surface area (Å²) in [7, 11) is 2.30. The molecule has 0 nitrogen and oxygen atoms in total. The van der Waals surface area contributed by atoms with Crippen molar-refractivity contribution >= 4 is 7.85 Å². The van der Waals surface area contributed by atoms with E-state index in [9.17, 15) is 0 Å². The Labute approximate surface area is 34.0 Å². The van der Waals surface area contributed by atoms with E-state index >= 15 is 0 Å². The fourth-order valence-corrected chi connectivity index (χ4v) is 0.508. The molecular formula is C4H9B. The highest BCUT2D eigenvalue weighted by Crippen LogP contribution is 2.40. The van der Waals surface area contributed by atoms with E-state index in [1.165, 1.54) is 6.42 Å². The lowest BCUT2D eigenvalue weighted by molar-refractivity contribution is 0.981. The Balaban J connectivity index is 2.20. The van der Waals surface area contributed by atoms with Crippen LogP contribution < -0.4 is 0 Å². The Bertz CT molecular complexity index is 36.9. The summed E-state index contributed by atoms with van der Waals surface area (Å²) in [5, 5.41) is 0. The van der Waals surface area contributed by atoms with E-state index in [1.54, 1.807) is 0 Å². The Morgan fingerprint density at radius 1 is 1.80 bits per heavy atom. The summed E-state index contributed by atoms with van der Waals surface area (Å²) in [6.07, 6.45) is 1.47. The largest absolute Gasteiger partial charge is 0.105 e. The molecule has 0 saturated heterocycles. The van der Waals surface area contributed by atoms with Crippen LogP contribution in [-0.2, 0) is 0 Å². The summed E-state index contributed by atoms with van der Waals surface area (Å²) in [4.78, 5) is 0. The van der Waals surface area contributed by atoms with E-state index < -0.39 is 0 Å². The van der Waals surface area contributed by atoms with Gasteiger partial charge >= 0.3 is 0 Å². The molecule has 0 amide bonds. The first-order valence-corrected chi connectivity index (χ1v) is 2.30. The van der Waals surface area contributed by atoms with Crippen molar-refractivity contribution in [3.63, 3.8) is 0 Å². The minimum atomic E-state index is 1.05. The third kappa shape index (κ3) is 0.471. The molecule has 1 heteroatoms. The highest BCUT2D eigenvalue weighted by atomic mass is 14.3. The summed E-state index contributed by atoms with van der Waals surface area (Å²) >= 11 is 0. The number of hydrogen-bond acceptors (Lipinski definition) is 0. The zero-order valence-corrected chi connectivity index (χ0v) is 3.86. The highest BCUT2D eigenvalue weighted by Gasteiger charge is 2.26. The van der Waals surface area contributed by atoms with Crippen LogP contribution in [0.5, 0.6) is 0 Å². The number of hydrogen-bond donors (Lipinski definition) is 0. The first kappa shape index (κ1) is 3.26. The Hall–Kier alpha value is 0.0649. The van der Waals surface area contributed by atoms with Crippen molar-refractivity contribution < 1.29 is 0 Å². The van der Waals surface area contributed by atoms with Crippen LogP contribution in [0.1, 0.15) is 13.3 Å². The maximum absolute atomic E-state index is 2.30. The zero-order chi connectivity index (χ0) is 3.86. The lowest BCUT2D eigenvalue weighted by Gasteiger charge is -1.66. The minimum absolute atomic E-state index is 1.05. The van der Waals surface area contributed by atoms with Gasteiger partial charge in [0.2, 0.25) is 0 Å². The second kappa shape index (κ2) is 0.765. The monoisotopic (exact) mass is 68.1 g/mol. The van der Waals surface area contributed by atoms with Crippen LogP contribution in [-0.4, -0.2) is 7.85 Å². The van der Waals surface area contributed by atoms with Crippen LogP contribution in [0.15, 0.2) is 0 Å². The van der Waals surface area contributed by atoms with Gasteiger partial charge in [-0.3, -0.25) is 0 Å². The Morgan fingerprint density at radius 2 is 2.00 bits per heavy atom.